The van der Waals surface area contributed by atoms with E-state index in [1.54, 1.807) is 12.3 Å². The van der Waals surface area contributed by atoms with Crippen molar-refractivity contribution in [3.05, 3.63) is 48.1 Å². The average Bonchev–Trinajstić information content (AvgIpc) is 3.06. The molecule has 0 bridgehead atoms. The van der Waals surface area contributed by atoms with Crippen LogP contribution < -0.4 is 10.2 Å². The number of anilines is 2. The second-order valence-corrected chi connectivity index (χ2v) is 6.98. The number of rotatable bonds is 5. The van der Waals surface area contributed by atoms with Gasteiger partial charge >= 0.3 is 0 Å². The van der Waals surface area contributed by atoms with Crippen LogP contribution in [0.2, 0.25) is 0 Å². The standard InChI is InChI=1S/C20H23N3O2/c1-14-12-17(14)18-7-5-16(25-18)6-9-20(24)22-15-4-8-19(21-13-15)23-10-2-3-11-23/h4-9,13-14,17H,2-3,10-12H2,1H3,(H,22,24)/b9-6-/t14-,17+/m1/s1. The highest BCUT2D eigenvalue weighted by Crippen LogP contribution is 2.47. The normalized spacial score (nSPS) is 22.5. The van der Waals surface area contributed by atoms with Gasteiger partial charge in [-0.2, -0.15) is 0 Å². The minimum atomic E-state index is -0.187. The molecule has 5 heteroatoms. The predicted octanol–water partition coefficient (Wildman–Crippen LogP) is 4.05. The molecule has 1 N–H and O–H groups in total. The summed E-state index contributed by atoms with van der Waals surface area (Å²) in [4.78, 5) is 18.8. The molecule has 2 atom stereocenters. The van der Waals surface area contributed by atoms with Gasteiger partial charge in [-0.25, -0.2) is 4.98 Å². The summed E-state index contributed by atoms with van der Waals surface area (Å²) in [6.07, 6.45) is 8.54. The maximum absolute atomic E-state index is 12.1. The minimum Gasteiger partial charge on any atom is -0.461 e. The molecule has 1 saturated heterocycles. The van der Waals surface area contributed by atoms with Crippen molar-refractivity contribution in [2.45, 2.75) is 32.1 Å². The molecule has 1 aliphatic carbocycles. The SMILES string of the molecule is C[C@@H]1C[C@@H]1c1ccc(/C=C\C(=O)Nc2ccc(N3CCCC3)nc2)o1. The summed E-state index contributed by atoms with van der Waals surface area (Å²) in [5.74, 6) is 3.79. The van der Waals surface area contributed by atoms with Crippen LogP contribution in [0.3, 0.4) is 0 Å². The van der Waals surface area contributed by atoms with Crippen molar-refractivity contribution in [1.82, 2.24) is 4.98 Å². The molecule has 2 aromatic heterocycles. The van der Waals surface area contributed by atoms with Gasteiger partial charge in [0.25, 0.3) is 0 Å². The molecule has 5 nitrogen and oxygen atoms in total. The molecule has 0 radical (unpaired) electrons. The van der Waals surface area contributed by atoms with E-state index in [2.05, 4.69) is 22.1 Å². The van der Waals surface area contributed by atoms with Gasteiger partial charge in [0.05, 0.1) is 11.9 Å². The van der Waals surface area contributed by atoms with Crippen LogP contribution in [-0.2, 0) is 4.79 Å². The number of furan rings is 1. The van der Waals surface area contributed by atoms with Gasteiger partial charge in [-0.3, -0.25) is 4.79 Å². The first kappa shape index (κ1) is 15.9. The average molecular weight is 337 g/mol. The molecule has 1 aliphatic heterocycles. The van der Waals surface area contributed by atoms with Crippen LogP contribution in [0.15, 0.2) is 41.0 Å². The van der Waals surface area contributed by atoms with E-state index in [1.807, 2.05) is 24.3 Å². The molecule has 25 heavy (non-hydrogen) atoms. The second-order valence-electron chi connectivity index (χ2n) is 6.98. The van der Waals surface area contributed by atoms with Crippen molar-refractivity contribution >= 4 is 23.5 Å². The van der Waals surface area contributed by atoms with Crippen LogP contribution >= 0.6 is 0 Å². The highest BCUT2D eigenvalue weighted by molar-refractivity contribution is 6.01. The molecule has 1 saturated carbocycles. The molecule has 1 amide bonds. The largest absolute Gasteiger partial charge is 0.461 e. The maximum atomic E-state index is 12.1. The summed E-state index contributed by atoms with van der Waals surface area (Å²) in [6.45, 7) is 4.34. The van der Waals surface area contributed by atoms with Crippen LogP contribution in [0, 0.1) is 5.92 Å². The molecule has 2 fully saturated rings. The highest BCUT2D eigenvalue weighted by Gasteiger charge is 2.36. The van der Waals surface area contributed by atoms with Gasteiger partial charge in [0, 0.05) is 25.1 Å². The lowest BCUT2D eigenvalue weighted by atomic mass is 10.3. The first-order valence-electron chi connectivity index (χ1n) is 8.99. The van der Waals surface area contributed by atoms with Crippen molar-refractivity contribution in [3.8, 4) is 0 Å². The molecular formula is C20H23N3O2. The monoisotopic (exact) mass is 337 g/mol. The fraction of sp³-hybridized carbons (Fsp3) is 0.400. The first-order valence-corrected chi connectivity index (χ1v) is 8.99. The number of nitrogens with one attached hydrogen (secondary N) is 1. The first-order chi connectivity index (χ1) is 12.2. The fourth-order valence-electron chi connectivity index (χ4n) is 3.31. The molecule has 0 spiro atoms. The number of pyridine rings is 1. The van der Waals surface area contributed by atoms with Gasteiger partial charge < -0.3 is 14.6 Å². The number of aromatic nitrogens is 1. The summed E-state index contributed by atoms with van der Waals surface area (Å²) in [5, 5.41) is 2.83. The lowest BCUT2D eigenvalue weighted by Gasteiger charge is -2.16. The molecular weight excluding hydrogens is 314 g/mol. The Morgan fingerprint density at radius 3 is 2.76 bits per heavy atom. The van der Waals surface area contributed by atoms with Gasteiger partial charge in [-0.1, -0.05) is 6.92 Å². The quantitative estimate of drug-likeness (QED) is 0.836. The van der Waals surface area contributed by atoms with E-state index < -0.39 is 0 Å². The second kappa shape index (κ2) is 6.75. The van der Waals surface area contributed by atoms with Crippen molar-refractivity contribution in [2.75, 3.05) is 23.3 Å². The zero-order chi connectivity index (χ0) is 17.2. The van der Waals surface area contributed by atoms with Crippen molar-refractivity contribution in [2.24, 2.45) is 5.92 Å². The minimum absolute atomic E-state index is 0.187. The molecule has 2 aliphatic rings. The zero-order valence-corrected chi connectivity index (χ0v) is 14.4. The lowest BCUT2D eigenvalue weighted by Crippen LogP contribution is -2.18. The number of nitrogens with zero attached hydrogens (tertiary/aromatic N) is 2. The molecule has 0 unspecified atom stereocenters. The molecule has 4 rings (SSSR count). The van der Waals surface area contributed by atoms with Gasteiger partial charge in [-0.15, -0.1) is 0 Å². The highest BCUT2D eigenvalue weighted by atomic mass is 16.3. The number of carbonyl (C=O) groups is 1. The Labute approximate surface area is 147 Å². The van der Waals surface area contributed by atoms with Gasteiger partial charge in [-0.05, 0) is 55.5 Å². The number of hydrogen-bond acceptors (Lipinski definition) is 4. The topological polar surface area (TPSA) is 58.4 Å². The van der Waals surface area contributed by atoms with Crippen molar-refractivity contribution in [1.29, 1.82) is 0 Å². The molecule has 130 valence electrons. The number of amides is 1. The van der Waals surface area contributed by atoms with Crippen molar-refractivity contribution in [3.63, 3.8) is 0 Å². The Balaban J connectivity index is 1.32. The van der Waals surface area contributed by atoms with E-state index in [1.165, 1.54) is 25.3 Å². The Hall–Kier alpha value is -2.56. The van der Waals surface area contributed by atoms with Gasteiger partial charge in [0.15, 0.2) is 0 Å². The van der Waals surface area contributed by atoms with Crippen LogP contribution in [0.25, 0.3) is 6.08 Å². The molecule has 2 aromatic rings. The van der Waals surface area contributed by atoms with Gasteiger partial charge in [0.2, 0.25) is 5.91 Å². The summed E-state index contributed by atoms with van der Waals surface area (Å²) >= 11 is 0. The predicted molar refractivity (Wildman–Crippen MR) is 98.6 cm³/mol. The third-order valence-corrected chi connectivity index (χ3v) is 4.97. The third kappa shape index (κ3) is 3.76. The van der Waals surface area contributed by atoms with E-state index in [0.29, 0.717) is 23.3 Å². The number of hydrogen-bond donors (Lipinski definition) is 1. The zero-order valence-electron chi connectivity index (χ0n) is 14.4. The number of carbonyl (C=O) groups excluding carboxylic acids is 1. The summed E-state index contributed by atoms with van der Waals surface area (Å²) in [7, 11) is 0. The third-order valence-electron chi connectivity index (χ3n) is 4.97. The maximum Gasteiger partial charge on any atom is 0.248 e. The molecule has 0 aromatic carbocycles. The summed E-state index contributed by atoms with van der Waals surface area (Å²) in [5.41, 5.74) is 0.699. The fourth-order valence-corrected chi connectivity index (χ4v) is 3.31. The van der Waals surface area contributed by atoms with E-state index in [4.69, 9.17) is 4.42 Å². The Kier molecular flexibility index (Phi) is 4.30. The van der Waals surface area contributed by atoms with E-state index in [9.17, 15) is 4.79 Å². The lowest BCUT2D eigenvalue weighted by molar-refractivity contribution is -0.111. The van der Waals surface area contributed by atoms with Crippen LogP contribution in [-0.4, -0.2) is 24.0 Å². The Bertz CT molecular complexity index is 772. The Morgan fingerprint density at radius 1 is 1.28 bits per heavy atom. The summed E-state index contributed by atoms with van der Waals surface area (Å²) < 4.78 is 5.77. The molecule has 3 heterocycles. The van der Waals surface area contributed by atoms with Crippen LogP contribution in [0.4, 0.5) is 11.5 Å². The van der Waals surface area contributed by atoms with Crippen molar-refractivity contribution < 1.29 is 9.21 Å². The summed E-state index contributed by atoms with van der Waals surface area (Å²) in [6, 6.07) is 7.77. The smallest absolute Gasteiger partial charge is 0.248 e. The van der Waals surface area contributed by atoms with Crippen LogP contribution in [0.5, 0.6) is 0 Å². The van der Waals surface area contributed by atoms with Gasteiger partial charge in [0.1, 0.15) is 17.3 Å². The Morgan fingerprint density at radius 2 is 2.08 bits per heavy atom. The van der Waals surface area contributed by atoms with E-state index in [-0.39, 0.29) is 5.91 Å². The van der Waals surface area contributed by atoms with Crippen LogP contribution in [0.1, 0.15) is 43.6 Å². The van der Waals surface area contributed by atoms with E-state index >= 15 is 0 Å². The van der Waals surface area contributed by atoms with E-state index in [0.717, 1.165) is 24.7 Å².